The maximum absolute atomic E-state index is 12.5. The number of aromatic nitrogens is 2. The van der Waals surface area contributed by atoms with E-state index in [-0.39, 0.29) is 5.78 Å². The van der Waals surface area contributed by atoms with Gasteiger partial charge in [-0.05, 0) is 45.6 Å². The molecule has 1 heterocycles. The van der Waals surface area contributed by atoms with Crippen LogP contribution in [0.5, 0.6) is 0 Å². The average molecular weight is 250 g/mol. The number of carbonyl (C=O) groups is 1. The summed E-state index contributed by atoms with van der Waals surface area (Å²) in [6, 6.07) is 2.00. The molecule has 1 aromatic rings. The molecule has 2 rings (SSSR count). The van der Waals surface area contributed by atoms with E-state index in [1.807, 2.05) is 24.6 Å². The fourth-order valence-corrected chi connectivity index (χ4v) is 2.88. The lowest BCUT2D eigenvalue weighted by molar-refractivity contribution is -0.139. The predicted molar refractivity (Wildman–Crippen MR) is 69.6 cm³/mol. The van der Waals surface area contributed by atoms with E-state index in [0.717, 1.165) is 43.6 Å². The molecule has 0 N–H and O–H groups in total. The number of aryl methyl sites for hydroxylation is 2. The molecule has 18 heavy (non-hydrogen) atoms. The van der Waals surface area contributed by atoms with Crippen LogP contribution in [0.25, 0.3) is 0 Å². The number of hydrogen-bond acceptors (Lipinski definition) is 3. The molecule has 0 saturated heterocycles. The molecular weight excluding hydrogens is 228 g/mol. The van der Waals surface area contributed by atoms with Gasteiger partial charge in [-0.2, -0.15) is 5.10 Å². The molecule has 4 heteroatoms. The first-order chi connectivity index (χ1) is 8.61. The molecule has 1 saturated carbocycles. The molecule has 0 unspecified atom stereocenters. The van der Waals surface area contributed by atoms with Crippen LogP contribution in [-0.4, -0.2) is 28.3 Å². The van der Waals surface area contributed by atoms with Crippen LogP contribution in [-0.2, 0) is 22.5 Å². The van der Waals surface area contributed by atoms with Crippen molar-refractivity contribution in [3.05, 3.63) is 17.5 Å². The van der Waals surface area contributed by atoms with Crippen molar-refractivity contribution in [2.75, 3.05) is 7.11 Å². The standard InChI is InChI=1S/C14H22N2O2/c1-4-16-12(9-11(2)15-16)10-13(17)14(18-3)7-5-6-8-14/h9H,4-8,10H2,1-3H3. The van der Waals surface area contributed by atoms with E-state index < -0.39 is 5.60 Å². The topological polar surface area (TPSA) is 44.1 Å². The maximum atomic E-state index is 12.5. The average Bonchev–Trinajstić information content (AvgIpc) is 2.96. The van der Waals surface area contributed by atoms with E-state index in [9.17, 15) is 4.79 Å². The molecular formula is C14H22N2O2. The van der Waals surface area contributed by atoms with Crippen molar-refractivity contribution in [1.82, 2.24) is 9.78 Å². The fraction of sp³-hybridized carbons (Fsp3) is 0.714. The zero-order valence-corrected chi connectivity index (χ0v) is 11.5. The van der Waals surface area contributed by atoms with Crippen LogP contribution in [0, 0.1) is 6.92 Å². The van der Waals surface area contributed by atoms with Gasteiger partial charge < -0.3 is 4.74 Å². The smallest absolute Gasteiger partial charge is 0.170 e. The second kappa shape index (κ2) is 5.22. The van der Waals surface area contributed by atoms with Crippen molar-refractivity contribution in [3.8, 4) is 0 Å². The number of hydrogen-bond donors (Lipinski definition) is 0. The van der Waals surface area contributed by atoms with Crippen LogP contribution >= 0.6 is 0 Å². The summed E-state index contributed by atoms with van der Waals surface area (Å²) < 4.78 is 7.44. The highest BCUT2D eigenvalue weighted by Crippen LogP contribution is 2.34. The van der Waals surface area contributed by atoms with Crippen molar-refractivity contribution >= 4 is 5.78 Å². The van der Waals surface area contributed by atoms with Gasteiger partial charge in [0.25, 0.3) is 0 Å². The first kappa shape index (κ1) is 13.3. The van der Waals surface area contributed by atoms with Gasteiger partial charge in [0.05, 0.1) is 12.1 Å². The van der Waals surface area contributed by atoms with Gasteiger partial charge >= 0.3 is 0 Å². The number of nitrogens with zero attached hydrogens (tertiary/aromatic N) is 2. The molecule has 0 amide bonds. The summed E-state index contributed by atoms with van der Waals surface area (Å²) >= 11 is 0. The lowest BCUT2D eigenvalue weighted by Gasteiger charge is -2.25. The predicted octanol–water partition coefficient (Wildman–Crippen LogP) is 2.28. The molecule has 0 aromatic carbocycles. The van der Waals surface area contributed by atoms with Crippen molar-refractivity contribution in [2.45, 2.75) is 58.1 Å². The first-order valence-electron chi connectivity index (χ1n) is 6.73. The molecule has 0 bridgehead atoms. The number of ether oxygens (including phenoxy) is 1. The third kappa shape index (κ3) is 2.34. The molecule has 1 fully saturated rings. The number of ketones is 1. The van der Waals surface area contributed by atoms with E-state index in [1.165, 1.54) is 0 Å². The Bertz CT molecular complexity index is 431. The van der Waals surface area contributed by atoms with E-state index in [2.05, 4.69) is 5.10 Å². The minimum absolute atomic E-state index is 0.206. The highest BCUT2D eigenvalue weighted by Gasteiger charge is 2.40. The van der Waals surface area contributed by atoms with Gasteiger partial charge in [-0.1, -0.05) is 0 Å². The van der Waals surface area contributed by atoms with Crippen LogP contribution in [0.15, 0.2) is 6.07 Å². The lowest BCUT2D eigenvalue weighted by atomic mass is 9.93. The highest BCUT2D eigenvalue weighted by atomic mass is 16.5. The largest absolute Gasteiger partial charge is 0.370 e. The van der Waals surface area contributed by atoms with E-state index in [4.69, 9.17) is 4.74 Å². The normalized spacial score (nSPS) is 18.2. The summed E-state index contributed by atoms with van der Waals surface area (Å²) in [6.07, 6.45) is 4.34. The summed E-state index contributed by atoms with van der Waals surface area (Å²) in [6.45, 7) is 4.81. The summed E-state index contributed by atoms with van der Waals surface area (Å²) in [5, 5.41) is 4.38. The Morgan fingerprint density at radius 1 is 1.50 bits per heavy atom. The lowest BCUT2D eigenvalue weighted by Crippen LogP contribution is -2.39. The summed E-state index contributed by atoms with van der Waals surface area (Å²) in [5.41, 5.74) is 1.44. The minimum Gasteiger partial charge on any atom is -0.370 e. The third-order valence-electron chi connectivity index (χ3n) is 3.94. The minimum atomic E-state index is -0.531. The second-order valence-corrected chi connectivity index (χ2v) is 5.10. The Balaban J connectivity index is 2.15. The number of methoxy groups -OCH3 is 1. The molecule has 4 nitrogen and oxygen atoms in total. The number of Topliss-reactive ketones (excluding diaryl/α,β-unsaturated/α-hetero) is 1. The molecule has 0 atom stereocenters. The Hall–Kier alpha value is -1.16. The molecule has 100 valence electrons. The number of carbonyl (C=O) groups excluding carboxylic acids is 1. The van der Waals surface area contributed by atoms with Gasteiger partial charge in [0.2, 0.25) is 0 Å². The van der Waals surface area contributed by atoms with Gasteiger partial charge in [-0.3, -0.25) is 9.48 Å². The molecule has 1 aromatic heterocycles. The van der Waals surface area contributed by atoms with E-state index in [1.54, 1.807) is 7.11 Å². The Morgan fingerprint density at radius 2 is 2.17 bits per heavy atom. The van der Waals surface area contributed by atoms with Crippen LogP contribution in [0.2, 0.25) is 0 Å². The maximum Gasteiger partial charge on any atom is 0.170 e. The number of rotatable bonds is 5. The quantitative estimate of drug-likeness (QED) is 0.805. The van der Waals surface area contributed by atoms with Crippen LogP contribution in [0.1, 0.15) is 44.0 Å². The summed E-state index contributed by atoms with van der Waals surface area (Å²) in [7, 11) is 1.66. The summed E-state index contributed by atoms with van der Waals surface area (Å²) in [5.74, 6) is 0.206. The second-order valence-electron chi connectivity index (χ2n) is 5.10. The van der Waals surface area contributed by atoms with Gasteiger partial charge in [0, 0.05) is 19.3 Å². The van der Waals surface area contributed by atoms with Crippen LogP contribution in [0.3, 0.4) is 0 Å². The van der Waals surface area contributed by atoms with E-state index in [0.29, 0.717) is 6.42 Å². The monoisotopic (exact) mass is 250 g/mol. The van der Waals surface area contributed by atoms with Crippen molar-refractivity contribution in [2.24, 2.45) is 0 Å². The van der Waals surface area contributed by atoms with Crippen LogP contribution in [0.4, 0.5) is 0 Å². The molecule has 1 aliphatic carbocycles. The van der Waals surface area contributed by atoms with E-state index >= 15 is 0 Å². The third-order valence-corrected chi connectivity index (χ3v) is 3.94. The van der Waals surface area contributed by atoms with Gasteiger partial charge in [0.1, 0.15) is 5.60 Å². The zero-order valence-electron chi connectivity index (χ0n) is 11.5. The van der Waals surface area contributed by atoms with Crippen molar-refractivity contribution < 1.29 is 9.53 Å². The van der Waals surface area contributed by atoms with Gasteiger partial charge in [0.15, 0.2) is 5.78 Å². The van der Waals surface area contributed by atoms with Crippen LogP contribution < -0.4 is 0 Å². The van der Waals surface area contributed by atoms with Gasteiger partial charge in [-0.15, -0.1) is 0 Å². The van der Waals surface area contributed by atoms with Gasteiger partial charge in [-0.25, -0.2) is 0 Å². The fourth-order valence-electron chi connectivity index (χ4n) is 2.88. The molecule has 1 aliphatic rings. The van der Waals surface area contributed by atoms with Crippen molar-refractivity contribution in [1.29, 1.82) is 0 Å². The Labute approximate surface area is 108 Å². The molecule has 0 spiro atoms. The first-order valence-corrected chi connectivity index (χ1v) is 6.73. The zero-order chi connectivity index (χ0) is 13.2. The Kier molecular flexibility index (Phi) is 3.85. The SMILES string of the molecule is CCn1nc(C)cc1CC(=O)C1(OC)CCCC1. The molecule has 0 aliphatic heterocycles. The Morgan fingerprint density at radius 3 is 2.72 bits per heavy atom. The van der Waals surface area contributed by atoms with Crippen molar-refractivity contribution in [3.63, 3.8) is 0 Å². The summed E-state index contributed by atoms with van der Waals surface area (Å²) in [4.78, 5) is 12.5. The highest BCUT2D eigenvalue weighted by molar-refractivity contribution is 5.89. The molecule has 0 radical (unpaired) electrons.